The lowest BCUT2D eigenvalue weighted by molar-refractivity contribution is -0.0110. The highest BCUT2D eigenvalue weighted by Gasteiger charge is 2.27. The highest BCUT2D eigenvalue weighted by atomic mass is 35.5. The van der Waals surface area contributed by atoms with Gasteiger partial charge in [0.25, 0.3) is 0 Å². The number of nitrogens with zero attached hydrogens (tertiary/aromatic N) is 2. The van der Waals surface area contributed by atoms with Crippen molar-refractivity contribution in [3.05, 3.63) is 29.0 Å². The van der Waals surface area contributed by atoms with Crippen LogP contribution in [0.1, 0.15) is 18.4 Å². The lowest BCUT2D eigenvalue weighted by Crippen LogP contribution is -2.50. The second kappa shape index (κ2) is 6.18. The molecule has 5 heteroatoms. The van der Waals surface area contributed by atoms with Crippen LogP contribution in [0.3, 0.4) is 0 Å². The number of hydrogen-bond acceptors (Lipinski definition) is 4. The minimum absolute atomic E-state index is 0.443. The quantitative estimate of drug-likeness (QED) is 0.891. The van der Waals surface area contributed by atoms with Crippen LogP contribution in [0, 0.1) is 0 Å². The highest BCUT2D eigenvalue weighted by molar-refractivity contribution is 6.31. The standard InChI is InChI=1S/C14H20ClN3O/c15-14-8-16-4-3-11(14)9-18-5-6-19-10-13(18)7-17-12-1-2-12/h3-4,8,12-13,17H,1-2,5-7,9-10H2. The molecule has 0 aromatic carbocycles. The van der Waals surface area contributed by atoms with Gasteiger partial charge in [0.15, 0.2) is 0 Å². The van der Waals surface area contributed by atoms with Gasteiger partial charge in [-0.15, -0.1) is 0 Å². The molecule has 0 amide bonds. The van der Waals surface area contributed by atoms with E-state index < -0.39 is 0 Å². The number of rotatable bonds is 5. The van der Waals surface area contributed by atoms with E-state index in [2.05, 4.69) is 15.2 Å². The van der Waals surface area contributed by atoms with Crippen molar-refractivity contribution in [2.75, 3.05) is 26.3 Å². The van der Waals surface area contributed by atoms with E-state index in [0.29, 0.717) is 6.04 Å². The second-order valence-electron chi connectivity index (χ2n) is 5.35. The van der Waals surface area contributed by atoms with Gasteiger partial charge in [0.05, 0.1) is 18.2 Å². The van der Waals surface area contributed by atoms with E-state index in [1.54, 1.807) is 12.4 Å². The van der Waals surface area contributed by atoms with Gasteiger partial charge in [-0.3, -0.25) is 9.88 Å². The molecule has 1 aromatic heterocycles. The van der Waals surface area contributed by atoms with Gasteiger partial charge < -0.3 is 10.1 Å². The molecule has 1 unspecified atom stereocenters. The number of pyridine rings is 1. The third-order valence-electron chi connectivity index (χ3n) is 3.80. The van der Waals surface area contributed by atoms with E-state index in [4.69, 9.17) is 16.3 Å². The van der Waals surface area contributed by atoms with Crippen molar-refractivity contribution in [2.24, 2.45) is 0 Å². The summed E-state index contributed by atoms with van der Waals surface area (Å²) in [6, 6.07) is 3.19. The third-order valence-corrected chi connectivity index (χ3v) is 4.14. The Hall–Kier alpha value is -0.680. The Kier molecular flexibility index (Phi) is 4.33. The maximum absolute atomic E-state index is 6.19. The van der Waals surface area contributed by atoms with Crippen LogP contribution in [0.25, 0.3) is 0 Å². The van der Waals surface area contributed by atoms with E-state index in [-0.39, 0.29) is 0 Å². The summed E-state index contributed by atoms with van der Waals surface area (Å²) in [7, 11) is 0. The van der Waals surface area contributed by atoms with Gasteiger partial charge in [0.1, 0.15) is 0 Å². The second-order valence-corrected chi connectivity index (χ2v) is 5.76. The Balaban J connectivity index is 1.60. The number of halogens is 1. The molecular weight excluding hydrogens is 262 g/mol. The molecular formula is C14H20ClN3O. The molecule has 2 heterocycles. The van der Waals surface area contributed by atoms with Gasteiger partial charge in [-0.1, -0.05) is 11.6 Å². The lowest BCUT2D eigenvalue weighted by Gasteiger charge is -2.36. The predicted molar refractivity (Wildman–Crippen MR) is 75.3 cm³/mol. The molecule has 104 valence electrons. The largest absolute Gasteiger partial charge is 0.378 e. The van der Waals surface area contributed by atoms with Gasteiger partial charge in [-0.2, -0.15) is 0 Å². The molecule has 19 heavy (non-hydrogen) atoms. The Bertz CT molecular complexity index is 425. The molecule has 1 aliphatic carbocycles. The van der Waals surface area contributed by atoms with Crippen LogP contribution in [-0.4, -0.2) is 48.3 Å². The zero-order chi connectivity index (χ0) is 13.1. The fourth-order valence-electron chi connectivity index (χ4n) is 2.43. The average molecular weight is 282 g/mol. The molecule has 2 aliphatic rings. The molecule has 3 rings (SSSR count). The molecule has 2 fully saturated rings. The highest BCUT2D eigenvalue weighted by Crippen LogP contribution is 2.21. The normalized spacial score (nSPS) is 24.6. The zero-order valence-electron chi connectivity index (χ0n) is 11.0. The number of aromatic nitrogens is 1. The van der Waals surface area contributed by atoms with Crippen LogP contribution in [0.5, 0.6) is 0 Å². The predicted octanol–water partition coefficient (Wildman–Crippen LogP) is 1.69. The van der Waals surface area contributed by atoms with Crippen molar-refractivity contribution in [3.8, 4) is 0 Å². The third kappa shape index (κ3) is 3.66. The first-order valence-electron chi connectivity index (χ1n) is 6.96. The van der Waals surface area contributed by atoms with Crippen molar-refractivity contribution >= 4 is 11.6 Å². The smallest absolute Gasteiger partial charge is 0.0635 e. The molecule has 1 aromatic rings. The Morgan fingerprint density at radius 2 is 2.37 bits per heavy atom. The minimum Gasteiger partial charge on any atom is -0.378 e. The first kappa shape index (κ1) is 13.3. The van der Waals surface area contributed by atoms with E-state index in [1.165, 1.54) is 12.8 Å². The van der Waals surface area contributed by atoms with E-state index in [0.717, 1.165) is 49.5 Å². The maximum Gasteiger partial charge on any atom is 0.0635 e. The van der Waals surface area contributed by atoms with Crippen LogP contribution in [0.15, 0.2) is 18.5 Å². The number of ether oxygens (including phenoxy) is 1. The average Bonchev–Trinajstić information content (AvgIpc) is 3.24. The maximum atomic E-state index is 6.19. The Labute approximate surface area is 119 Å². The van der Waals surface area contributed by atoms with Crippen LogP contribution in [0.4, 0.5) is 0 Å². The number of morpholine rings is 1. The van der Waals surface area contributed by atoms with Crippen LogP contribution >= 0.6 is 11.6 Å². The summed E-state index contributed by atoms with van der Waals surface area (Å²) in [6.07, 6.45) is 6.17. The summed E-state index contributed by atoms with van der Waals surface area (Å²) >= 11 is 6.19. The summed E-state index contributed by atoms with van der Waals surface area (Å²) in [5.41, 5.74) is 1.15. The van der Waals surface area contributed by atoms with Crippen molar-refractivity contribution in [2.45, 2.75) is 31.5 Å². The Morgan fingerprint density at radius 1 is 1.47 bits per heavy atom. The van der Waals surface area contributed by atoms with Crippen molar-refractivity contribution < 1.29 is 4.74 Å². The molecule has 0 bridgehead atoms. The molecule has 1 saturated carbocycles. The summed E-state index contributed by atoms with van der Waals surface area (Å²) in [4.78, 5) is 6.50. The molecule has 1 N–H and O–H groups in total. The summed E-state index contributed by atoms with van der Waals surface area (Å²) in [6.45, 7) is 4.47. The molecule has 0 spiro atoms. The van der Waals surface area contributed by atoms with Crippen molar-refractivity contribution in [1.29, 1.82) is 0 Å². The first-order chi connectivity index (χ1) is 9.33. The molecule has 1 aliphatic heterocycles. The number of nitrogens with one attached hydrogen (secondary N) is 1. The molecule has 1 saturated heterocycles. The van der Waals surface area contributed by atoms with E-state index >= 15 is 0 Å². The van der Waals surface area contributed by atoms with Crippen LogP contribution in [-0.2, 0) is 11.3 Å². The summed E-state index contributed by atoms with van der Waals surface area (Å²) in [5.74, 6) is 0. The van der Waals surface area contributed by atoms with Crippen LogP contribution in [0.2, 0.25) is 5.02 Å². The number of hydrogen-bond donors (Lipinski definition) is 1. The SMILES string of the molecule is Clc1cnccc1CN1CCOCC1CNC1CC1. The summed E-state index contributed by atoms with van der Waals surface area (Å²) in [5, 5.41) is 4.34. The minimum atomic E-state index is 0.443. The van der Waals surface area contributed by atoms with Gasteiger partial charge >= 0.3 is 0 Å². The van der Waals surface area contributed by atoms with E-state index in [9.17, 15) is 0 Å². The first-order valence-corrected chi connectivity index (χ1v) is 7.34. The molecule has 0 radical (unpaired) electrons. The fraction of sp³-hybridized carbons (Fsp3) is 0.643. The van der Waals surface area contributed by atoms with Gasteiger partial charge in [-0.25, -0.2) is 0 Å². The fourth-order valence-corrected chi connectivity index (χ4v) is 2.61. The monoisotopic (exact) mass is 281 g/mol. The zero-order valence-corrected chi connectivity index (χ0v) is 11.8. The topological polar surface area (TPSA) is 37.4 Å². The van der Waals surface area contributed by atoms with Gasteiger partial charge in [0, 0.05) is 44.1 Å². The van der Waals surface area contributed by atoms with E-state index in [1.807, 2.05) is 6.07 Å². The van der Waals surface area contributed by atoms with Crippen molar-refractivity contribution in [3.63, 3.8) is 0 Å². The molecule has 4 nitrogen and oxygen atoms in total. The van der Waals surface area contributed by atoms with Crippen molar-refractivity contribution in [1.82, 2.24) is 15.2 Å². The lowest BCUT2D eigenvalue weighted by atomic mass is 10.1. The molecule has 1 atom stereocenters. The Morgan fingerprint density at radius 3 is 3.16 bits per heavy atom. The van der Waals surface area contributed by atoms with Crippen LogP contribution < -0.4 is 5.32 Å². The summed E-state index contributed by atoms with van der Waals surface area (Å²) < 4.78 is 5.61. The van der Waals surface area contributed by atoms with Gasteiger partial charge in [-0.05, 0) is 24.5 Å². The van der Waals surface area contributed by atoms with Gasteiger partial charge in [0.2, 0.25) is 0 Å².